The van der Waals surface area contributed by atoms with Gasteiger partial charge in [-0.05, 0) is 43.8 Å². The molecule has 1 atom stereocenters. The molecule has 1 aliphatic rings. The van der Waals surface area contributed by atoms with Gasteiger partial charge in [0.25, 0.3) is 0 Å². The van der Waals surface area contributed by atoms with E-state index in [-0.39, 0.29) is 0 Å². The molecule has 0 saturated carbocycles. The van der Waals surface area contributed by atoms with Gasteiger partial charge in [0.15, 0.2) is 11.0 Å². The van der Waals surface area contributed by atoms with Crippen molar-refractivity contribution in [2.24, 2.45) is 13.0 Å². The van der Waals surface area contributed by atoms with Gasteiger partial charge in [0.2, 0.25) is 0 Å². The van der Waals surface area contributed by atoms with E-state index in [1.807, 2.05) is 11.8 Å². The Hall–Kier alpha value is -0.850. The molecule has 0 aromatic carbocycles. The molecule has 0 N–H and O–H groups in total. The van der Waals surface area contributed by atoms with Crippen molar-refractivity contribution in [1.29, 1.82) is 0 Å². The second kappa shape index (κ2) is 6.28. The van der Waals surface area contributed by atoms with Gasteiger partial charge in [0, 0.05) is 19.3 Å². The van der Waals surface area contributed by atoms with E-state index in [2.05, 4.69) is 51.3 Å². The zero-order chi connectivity index (χ0) is 13.9. The van der Waals surface area contributed by atoms with E-state index in [1.54, 1.807) is 11.3 Å². The minimum Gasteiger partial charge on any atom is -0.306 e. The van der Waals surface area contributed by atoms with Crippen molar-refractivity contribution in [3.8, 4) is 10.7 Å². The highest BCUT2D eigenvalue weighted by Crippen LogP contribution is 2.28. The Morgan fingerprint density at radius 2 is 2.30 bits per heavy atom. The first-order valence-electron chi connectivity index (χ1n) is 6.98. The molecule has 2 aromatic heterocycles. The Balaban J connectivity index is 1.63. The van der Waals surface area contributed by atoms with Gasteiger partial charge in [-0.3, -0.25) is 0 Å². The first kappa shape index (κ1) is 14.1. The summed E-state index contributed by atoms with van der Waals surface area (Å²) >= 11 is 3.55. The van der Waals surface area contributed by atoms with E-state index in [0.29, 0.717) is 0 Å². The van der Waals surface area contributed by atoms with Crippen molar-refractivity contribution in [3.05, 3.63) is 17.5 Å². The van der Waals surface area contributed by atoms with Crippen molar-refractivity contribution in [1.82, 2.24) is 19.7 Å². The Morgan fingerprint density at radius 3 is 3.05 bits per heavy atom. The maximum Gasteiger partial charge on any atom is 0.191 e. The molecule has 1 fully saturated rings. The third-order valence-electron chi connectivity index (χ3n) is 3.75. The number of thioether (sulfide) groups is 1. The average molecular weight is 308 g/mol. The highest BCUT2D eigenvalue weighted by molar-refractivity contribution is 7.99. The summed E-state index contributed by atoms with van der Waals surface area (Å²) in [6, 6.07) is 4.15. The smallest absolute Gasteiger partial charge is 0.191 e. The van der Waals surface area contributed by atoms with Crippen LogP contribution in [0.1, 0.15) is 12.8 Å². The van der Waals surface area contributed by atoms with Crippen LogP contribution in [0.2, 0.25) is 0 Å². The number of hydrogen-bond donors (Lipinski definition) is 0. The van der Waals surface area contributed by atoms with Crippen LogP contribution >= 0.6 is 23.1 Å². The molecule has 0 radical (unpaired) electrons. The number of hydrogen-bond acceptors (Lipinski definition) is 5. The maximum atomic E-state index is 4.34. The molecular weight excluding hydrogens is 288 g/mol. The van der Waals surface area contributed by atoms with Gasteiger partial charge in [-0.25, -0.2) is 0 Å². The van der Waals surface area contributed by atoms with E-state index < -0.39 is 0 Å². The molecular formula is C14H20N4S2. The van der Waals surface area contributed by atoms with E-state index in [4.69, 9.17) is 0 Å². The van der Waals surface area contributed by atoms with Gasteiger partial charge in [-0.2, -0.15) is 0 Å². The minimum atomic E-state index is 0.778. The standard InChI is InChI=1S/C14H20N4S2/c1-17-7-3-5-11(9-17)10-20-14-16-15-13(18(14)2)12-6-4-8-19-12/h4,6,8,11H,3,5,7,9-10H2,1-2H3/t11-/m1/s1. The van der Waals surface area contributed by atoms with Crippen molar-refractivity contribution < 1.29 is 0 Å². The van der Waals surface area contributed by atoms with Gasteiger partial charge in [-0.15, -0.1) is 21.5 Å². The summed E-state index contributed by atoms with van der Waals surface area (Å²) in [4.78, 5) is 3.62. The molecule has 0 spiro atoms. The first-order valence-corrected chi connectivity index (χ1v) is 8.85. The summed E-state index contributed by atoms with van der Waals surface area (Å²) in [5.74, 6) is 2.89. The average Bonchev–Trinajstić information content (AvgIpc) is 3.06. The second-order valence-corrected chi connectivity index (χ2v) is 7.36. The zero-order valence-electron chi connectivity index (χ0n) is 12.0. The number of thiophene rings is 1. The van der Waals surface area contributed by atoms with Crippen LogP contribution < -0.4 is 0 Å². The fraction of sp³-hybridized carbons (Fsp3) is 0.571. The Morgan fingerprint density at radius 1 is 1.40 bits per heavy atom. The predicted octanol–water partition coefficient (Wildman–Crippen LogP) is 2.98. The summed E-state index contributed by atoms with van der Waals surface area (Å²) < 4.78 is 2.11. The molecule has 0 unspecified atom stereocenters. The predicted molar refractivity (Wildman–Crippen MR) is 85.3 cm³/mol. The van der Waals surface area contributed by atoms with Crippen molar-refractivity contribution in [3.63, 3.8) is 0 Å². The van der Waals surface area contributed by atoms with Crippen LogP contribution in [-0.4, -0.2) is 45.6 Å². The third kappa shape index (κ3) is 3.07. The molecule has 1 aliphatic heterocycles. The molecule has 3 heterocycles. The topological polar surface area (TPSA) is 34.0 Å². The van der Waals surface area contributed by atoms with Gasteiger partial charge in [0.1, 0.15) is 0 Å². The van der Waals surface area contributed by atoms with Crippen LogP contribution in [0, 0.1) is 5.92 Å². The minimum absolute atomic E-state index is 0.778. The van der Waals surface area contributed by atoms with Crippen molar-refractivity contribution in [2.75, 3.05) is 25.9 Å². The van der Waals surface area contributed by atoms with Gasteiger partial charge >= 0.3 is 0 Å². The van der Waals surface area contributed by atoms with Crippen molar-refractivity contribution in [2.45, 2.75) is 18.0 Å². The maximum absolute atomic E-state index is 4.34. The Kier molecular flexibility index (Phi) is 4.43. The largest absolute Gasteiger partial charge is 0.306 e. The summed E-state index contributed by atoms with van der Waals surface area (Å²) in [5, 5.41) is 11.8. The highest BCUT2D eigenvalue weighted by Gasteiger charge is 2.19. The molecule has 20 heavy (non-hydrogen) atoms. The zero-order valence-corrected chi connectivity index (χ0v) is 13.6. The Labute approximate surface area is 128 Å². The molecule has 108 valence electrons. The van der Waals surface area contributed by atoms with Crippen LogP contribution in [0.4, 0.5) is 0 Å². The fourth-order valence-corrected chi connectivity index (χ4v) is 4.44. The fourth-order valence-electron chi connectivity index (χ4n) is 2.66. The lowest BCUT2D eigenvalue weighted by Gasteiger charge is -2.29. The van der Waals surface area contributed by atoms with Crippen LogP contribution in [0.25, 0.3) is 10.7 Å². The summed E-state index contributed by atoms with van der Waals surface area (Å²) in [5.41, 5.74) is 0. The van der Waals surface area contributed by atoms with Gasteiger partial charge in [0.05, 0.1) is 4.88 Å². The SMILES string of the molecule is CN1CCC[C@@H](CSc2nnc(-c3cccs3)n2C)C1. The lowest BCUT2D eigenvalue weighted by atomic mass is 10.0. The molecule has 6 heteroatoms. The summed E-state index contributed by atoms with van der Waals surface area (Å²) in [7, 11) is 4.28. The van der Waals surface area contributed by atoms with E-state index >= 15 is 0 Å². The monoisotopic (exact) mass is 308 g/mol. The lowest BCUT2D eigenvalue weighted by Crippen LogP contribution is -2.33. The number of piperidine rings is 1. The molecule has 3 rings (SSSR count). The van der Waals surface area contributed by atoms with Crippen LogP contribution in [0.5, 0.6) is 0 Å². The Bertz CT molecular complexity index is 550. The molecule has 1 saturated heterocycles. The van der Waals surface area contributed by atoms with Gasteiger partial charge in [-0.1, -0.05) is 17.8 Å². The number of rotatable bonds is 4. The van der Waals surface area contributed by atoms with Crippen LogP contribution in [-0.2, 0) is 7.05 Å². The molecule has 0 aliphatic carbocycles. The summed E-state index contributed by atoms with van der Waals surface area (Å²) in [6.07, 6.45) is 2.66. The molecule has 0 bridgehead atoms. The van der Waals surface area contributed by atoms with E-state index in [9.17, 15) is 0 Å². The van der Waals surface area contributed by atoms with Crippen LogP contribution in [0.15, 0.2) is 22.7 Å². The van der Waals surface area contributed by atoms with Crippen LogP contribution in [0.3, 0.4) is 0 Å². The summed E-state index contributed by atoms with van der Waals surface area (Å²) in [6.45, 7) is 2.45. The number of likely N-dealkylation sites (tertiary alicyclic amines) is 1. The molecule has 2 aromatic rings. The van der Waals surface area contributed by atoms with E-state index in [0.717, 1.165) is 22.7 Å². The second-order valence-electron chi connectivity index (χ2n) is 5.42. The quantitative estimate of drug-likeness (QED) is 0.813. The van der Waals surface area contributed by atoms with Crippen molar-refractivity contribution >= 4 is 23.1 Å². The molecule has 0 amide bonds. The lowest BCUT2D eigenvalue weighted by molar-refractivity contribution is 0.224. The third-order valence-corrected chi connectivity index (χ3v) is 5.86. The van der Waals surface area contributed by atoms with E-state index in [1.165, 1.54) is 30.8 Å². The molecule has 4 nitrogen and oxygen atoms in total. The number of aromatic nitrogens is 3. The first-order chi connectivity index (χ1) is 9.74. The van der Waals surface area contributed by atoms with Gasteiger partial charge < -0.3 is 9.47 Å². The normalized spacial score (nSPS) is 20.4. The highest BCUT2D eigenvalue weighted by atomic mass is 32.2. The number of nitrogens with zero attached hydrogens (tertiary/aromatic N) is 4.